The van der Waals surface area contributed by atoms with Gasteiger partial charge in [-0.05, 0) is 19.5 Å². The predicted octanol–water partition coefficient (Wildman–Crippen LogP) is -0.299. The lowest BCUT2D eigenvalue weighted by atomic mass is 10.1. The lowest BCUT2D eigenvalue weighted by Gasteiger charge is -2.29. The molecule has 1 rings (SSSR count). The van der Waals surface area contributed by atoms with Crippen LogP contribution in [0.15, 0.2) is 0 Å². The number of ether oxygens (including phenoxy) is 1. The highest BCUT2D eigenvalue weighted by molar-refractivity contribution is 5.77. The van der Waals surface area contributed by atoms with E-state index in [1.807, 2.05) is 11.9 Å². The normalized spacial score (nSPS) is 20.5. The monoisotopic (exact) mass is 186 g/mol. The maximum Gasteiger partial charge on any atom is 0.248 e. The number of nitrogens with one attached hydrogen (secondary N) is 1. The van der Waals surface area contributed by atoms with Crippen LogP contribution < -0.4 is 5.32 Å². The minimum Gasteiger partial charge on any atom is -0.370 e. The number of amides is 1. The molecule has 0 aromatic carbocycles. The van der Waals surface area contributed by atoms with Gasteiger partial charge in [0, 0.05) is 13.1 Å². The molecule has 1 atom stereocenters. The number of hydrogen-bond acceptors (Lipinski definition) is 3. The SMILES string of the molecule is CNCC(C)CN1CCOCC1=O. The van der Waals surface area contributed by atoms with E-state index in [9.17, 15) is 4.79 Å². The Morgan fingerprint density at radius 1 is 1.69 bits per heavy atom. The zero-order valence-electron chi connectivity index (χ0n) is 8.38. The standard InChI is InChI=1S/C9H18N2O2/c1-8(5-10-2)6-11-3-4-13-7-9(11)12/h8,10H,3-7H2,1-2H3. The Bertz CT molecular complexity index is 173. The number of morpholine rings is 1. The molecule has 1 unspecified atom stereocenters. The molecule has 0 radical (unpaired) electrons. The van der Waals surface area contributed by atoms with Crippen LogP contribution in [0.1, 0.15) is 6.92 Å². The van der Waals surface area contributed by atoms with Gasteiger partial charge in [-0.25, -0.2) is 0 Å². The van der Waals surface area contributed by atoms with Crippen LogP contribution in [0.3, 0.4) is 0 Å². The fraction of sp³-hybridized carbons (Fsp3) is 0.889. The Hall–Kier alpha value is -0.610. The van der Waals surface area contributed by atoms with Crippen LogP contribution in [0.4, 0.5) is 0 Å². The van der Waals surface area contributed by atoms with Crippen molar-refractivity contribution in [3.63, 3.8) is 0 Å². The summed E-state index contributed by atoms with van der Waals surface area (Å²) in [4.78, 5) is 13.2. The van der Waals surface area contributed by atoms with Crippen molar-refractivity contribution >= 4 is 5.91 Å². The van der Waals surface area contributed by atoms with E-state index in [2.05, 4.69) is 12.2 Å². The summed E-state index contributed by atoms with van der Waals surface area (Å²) in [5.74, 6) is 0.626. The smallest absolute Gasteiger partial charge is 0.248 e. The molecule has 4 heteroatoms. The van der Waals surface area contributed by atoms with Gasteiger partial charge in [-0.1, -0.05) is 6.92 Å². The summed E-state index contributed by atoms with van der Waals surface area (Å²) in [6.45, 7) is 5.60. The number of nitrogens with zero attached hydrogens (tertiary/aromatic N) is 1. The fourth-order valence-corrected chi connectivity index (χ4v) is 1.53. The van der Waals surface area contributed by atoms with E-state index in [0.717, 1.165) is 19.6 Å². The largest absolute Gasteiger partial charge is 0.370 e. The first kappa shape index (κ1) is 10.5. The molecule has 4 nitrogen and oxygen atoms in total. The van der Waals surface area contributed by atoms with Crippen molar-refractivity contribution in [2.24, 2.45) is 5.92 Å². The number of carbonyl (C=O) groups excluding carboxylic acids is 1. The third-order valence-electron chi connectivity index (χ3n) is 2.17. The Kier molecular flexibility index (Phi) is 4.18. The molecule has 1 saturated heterocycles. The highest BCUT2D eigenvalue weighted by Gasteiger charge is 2.19. The van der Waals surface area contributed by atoms with Gasteiger partial charge >= 0.3 is 0 Å². The molecule has 1 aliphatic heterocycles. The van der Waals surface area contributed by atoms with Gasteiger partial charge in [-0.3, -0.25) is 4.79 Å². The average molecular weight is 186 g/mol. The lowest BCUT2D eigenvalue weighted by Crippen LogP contribution is -2.44. The summed E-state index contributed by atoms with van der Waals surface area (Å²) in [5.41, 5.74) is 0. The van der Waals surface area contributed by atoms with Crippen LogP contribution in [0, 0.1) is 5.92 Å². The second-order valence-electron chi connectivity index (χ2n) is 3.56. The molecule has 1 heterocycles. The molecular formula is C9H18N2O2. The van der Waals surface area contributed by atoms with Crippen molar-refractivity contribution in [3.8, 4) is 0 Å². The van der Waals surface area contributed by atoms with E-state index in [1.165, 1.54) is 0 Å². The van der Waals surface area contributed by atoms with Crippen molar-refractivity contribution in [2.45, 2.75) is 6.92 Å². The Balaban J connectivity index is 2.29. The van der Waals surface area contributed by atoms with Crippen molar-refractivity contribution in [1.29, 1.82) is 0 Å². The Morgan fingerprint density at radius 2 is 2.46 bits per heavy atom. The maximum atomic E-state index is 11.3. The van der Waals surface area contributed by atoms with Crippen LogP contribution in [-0.2, 0) is 9.53 Å². The van der Waals surface area contributed by atoms with Crippen LogP contribution in [0.25, 0.3) is 0 Å². The molecule has 1 aliphatic rings. The summed E-state index contributed by atoms with van der Waals surface area (Å²) >= 11 is 0. The molecule has 1 fully saturated rings. The predicted molar refractivity (Wildman–Crippen MR) is 50.5 cm³/mol. The molecule has 0 spiro atoms. The van der Waals surface area contributed by atoms with Gasteiger partial charge in [0.2, 0.25) is 5.91 Å². The topological polar surface area (TPSA) is 41.6 Å². The number of rotatable bonds is 4. The van der Waals surface area contributed by atoms with Crippen molar-refractivity contribution < 1.29 is 9.53 Å². The summed E-state index contributed by atoms with van der Waals surface area (Å²) in [7, 11) is 1.93. The third kappa shape index (κ3) is 3.32. The Morgan fingerprint density at radius 3 is 3.08 bits per heavy atom. The van der Waals surface area contributed by atoms with Crippen LogP contribution in [0.5, 0.6) is 0 Å². The lowest BCUT2D eigenvalue weighted by molar-refractivity contribution is -0.143. The number of carbonyl (C=O) groups is 1. The van der Waals surface area contributed by atoms with E-state index < -0.39 is 0 Å². The third-order valence-corrected chi connectivity index (χ3v) is 2.17. The van der Waals surface area contributed by atoms with Gasteiger partial charge in [0.05, 0.1) is 6.61 Å². The van der Waals surface area contributed by atoms with E-state index in [-0.39, 0.29) is 12.5 Å². The minimum atomic E-state index is 0.120. The van der Waals surface area contributed by atoms with E-state index in [0.29, 0.717) is 12.5 Å². The second-order valence-corrected chi connectivity index (χ2v) is 3.56. The number of hydrogen-bond donors (Lipinski definition) is 1. The maximum absolute atomic E-state index is 11.3. The molecule has 1 N–H and O–H groups in total. The molecule has 13 heavy (non-hydrogen) atoms. The highest BCUT2D eigenvalue weighted by atomic mass is 16.5. The second kappa shape index (κ2) is 5.19. The van der Waals surface area contributed by atoms with Crippen LogP contribution in [-0.4, -0.2) is 50.7 Å². The quantitative estimate of drug-likeness (QED) is 0.655. The molecule has 0 saturated carbocycles. The first-order valence-corrected chi connectivity index (χ1v) is 4.74. The molecule has 0 aromatic rings. The summed E-state index contributed by atoms with van der Waals surface area (Å²) in [6.07, 6.45) is 0. The molecule has 0 bridgehead atoms. The van der Waals surface area contributed by atoms with E-state index >= 15 is 0 Å². The fourth-order valence-electron chi connectivity index (χ4n) is 1.53. The van der Waals surface area contributed by atoms with Gasteiger partial charge in [-0.2, -0.15) is 0 Å². The highest BCUT2D eigenvalue weighted by Crippen LogP contribution is 2.03. The Labute approximate surface area is 79.2 Å². The first-order valence-electron chi connectivity index (χ1n) is 4.74. The zero-order valence-corrected chi connectivity index (χ0v) is 8.38. The summed E-state index contributed by atoms with van der Waals surface area (Å²) < 4.78 is 5.05. The van der Waals surface area contributed by atoms with Crippen LogP contribution in [0.2, 0.25) is 0 Å². The minimum absolute atomic E-state index is 0.120. The van der Waals surface area contributed by atoms with E-state index in [4.69, 9.17) is 4.74 Å². The zero-order chi connectivity index (χ0) is 9.68. The van der Waals surface area contributed by atoms with Gasteiger partial charge in [-0.15, -0.1) is 0 Å². The average Bonchev–Trinajstić information content (AvgIpc) is 2.09. The van der Waals surface area contributed by atoms with Gasteiger partial charge in [0.25, 0.3) is 0 Å². The van der Waals surface area contributed by atoms with Crippen molar-refractivity contribution in [2.75, 3.05) is 39.9 Å². The van der Waals surface area contributed by atoms with Crippen LogP contribution >= 0.6 is 0 Å². The molecular weight excluding hydrogens is 168 g/mol. The summed E-state index contributed by atoms with van der Waals surface area (Å²) in [6, 6.07) is 0. The molecule has 0 aromatic heterocycles. The first-order chi connectivity index (χ1) is 6.24. The van der Waals surface area contributed by atoms with Gasteiger partial charge < -0.3 is 15.0 Å². The van der Waals surface area contributed by atoms with Gasteiger partial charge in [0.15, 0.2) is 0 Å². The summed E-state index contributed by atoms with van der Waals surface area (Å²) in [5, 5.41) is 3.10. The van der Waals surface area contributed by atoms with Crippen molar-refractivity contribution in [3.05, 3.63) is 0 Å². The molecule has 76 valence electrons. The molecule has 1 amide bonds. The molecule has 0 aliphatic carbocycles. The van der Waals surface area contributed by atoms with E-state index in [1.54, 1.807) is 0 Å². The van der Waals surface area contributed by atoms with Gasteiger partial charge in [0.1, 0.15) is 6.61 Å². The van der Waals surface area contributed by atoms with Crippen molar-refractivity contribution in [1.82, 2.24) is 10.2 Å².